The largest absolute Gasteiger partial charge is 0.511 e. The molecule has 1 aliphatic carbocycles. The standard InChI is InChI=1S/C32H38F6N4O8/c1-17(48-30(46)49-20-8-6-5-7-9-20)47-27(44)26-24-16-41(10-11-42(24)28(40-26)32(36,37)38)25(43)14-19(39-29(45)50-31(2,3)4)12-18-13-22(34)23(35)15-21(18)33/h13,15,17,19-20H,5-12,14,16H2,1-4H3,(H,39,45). The maximum absolute atomic E-state index is 14.5. The maximum Gasteiger partial charge on any atom is 0.511 e. The number of benzene rings is 1. The SMILES string of the molecule is CC(OC(=O)OC1CCCCC1)OC(=O)c1nc(C(F)(F)F)n2c1CN(C(=O)CC(Cc1cc(F)c(F)cc1F)NC(=O)OC(C)(C)C)CC2. The number of alkyl carbamates (subject to hydrolysis) is 1. The van der Waals surface area contributed by atoms with Crippen LogP contribution in [0.4, 0.5) is 35.9 Å². The number of carbonyl (C=O) groups excluding carboxylic acids is 4. The fourth-order valence-electron chi connectivity index (χ4n) is 5.65. The number of esters is 1. The number of carbonyl (C=O) groups is 4. The molecule has 18 heteroatoms. The highest BCUT2D eigenvalue weighted by Crippen LogP contribution is 2.33. The Hall–Kier alpha value is -4.51. The van der Waals surface area contributed by atoms with E-state index >= 15 is 0 Å². The minimum Gasteiger partial charge on any atom is -0.444 e. The Kier molecular flexibility index (Phi) is 11.9. The number of ether oxygens (including phenoxy) is 4. The third-order valence-electron chi connectivity index (χ3n) is 7.85. The summed E-state index contributed by atoms with van der Waals surface area (Å²) < 4.78 is 105. The number of rotatable bonds is 9. The molecule has 0 spiro atoms. The average Bonchev–Trinajstić information content (AvgIpc) is 3.39. The Labute approximate surface area is 283 Å². The molecule has 0 radical (unpaired) electrons. The first-order chi connectivity index (χ1) is 23.3. The van der Waals surface area contributed by atoms with Crippen LogP contribution in [0.5, 0.6) is 0 Å². The van der Waals surface area contributed by atoms with E-state index < -0.39 is 103 Å². The summed E-state index contributed by atoms with van der Waals surface area (Å²) in [6.07, 6.45) is -6.12. The molecule has 2 unspecified atom stereocenters. The minimum atomic E-state index is -5.00. The number of alkyl halides is 3. The quantitative estimate of drug-likeness (QED) is 0.106. The zero-order valence-electron chi connectivity index (χ0n) is 27.8. The lowest BCUT2D eigenvalue weighted by Gasteiger charge is -2.31. The van der Waals surface area contributed by atoms with E-state index in [-0.39, 0.29) is 23.9 Å². The monoisotopic (exact) mass is 720 g/mol. The predicted molar refractivity (Wildman–Crippen MR) is 160 cm³/mol. The number of aromatic nitrogens is 2. The van der Waals surface area contributed by atoms with Crippen LogP contribution in [0.3, 0.4) is 0 Å². The van der Waals surface area contributed by atoms with E-state index in [2.05, 4.69) is 10.3 Å². The van der Waals surface area contributed by atoms with Gasteiger partial charge in [0.2, 0.25) is 18.0 Å². The van der Waals surface area contributed by atoms with Crippen LogP contribution < -0.4 is 5.32 Å². The van der Waals surface area contributed by atoms with Gasteiger partial charge in [0, 0.05) is 38.5 Å². The molecule has 1 aliphatic heterocycles. The van der Waals surface area contributed by atoms with Crippen molar-refractivity contribution >= 4 is 24.1 Å². The molecule has 1 saturated carbocycles. The number of nitrogens with zero attached hydrogens (tertiary/aromatic N) is 3. The van der Waals surface area contributed by atoms with Gasteiger partial charge in [-0.05, 0) is 64.5 Å². The second-order valence-electron chi connectivity index (χ2n) is 13.0. The summed E-state index contributed by atoms with van der Waals surface area (Å²) in [7, 11) is 0. The first-order valence-corrected chi connectivity index (χ1v) is 16.0. The first-order valence-electron chi connectivity index (χ1n) is 16.0. The summed E-state index contributed by atoms with van der Waals surface area (Å²) in [6.45, 7) is 4.55. The van der Waals surface area contributed by atoms with Crippen molar-refractivity contribution in [2.45, 2.75) is 116 Å². The van der Waals surface area contributed by atoms with Gasteiger partial charge in [-0.1, -0.05) is 6.42 Å². The summed E-state index contributed by atoms with van der Waals surface area (Å²) in [4.78, 5) is 55.8. The predicted octanol–water partition coefficient (Wildman–Crippen LogP) is 6.18. The fourth-order valence-corrected chi connectivity index (χ4v) is 5.65. The van der Waals surface area contributed by atoms with Gasteiger partial charge in [0.1, 0.15) is 17.5 Å². The van der Waals surface area contributed by atoms with Crippen LogP contribution in [-0.2, 0) is 49.4 Å². The van der Waals surface area contributed by atoms with Gasteiger partial charge in [0.25, 0.3) is 0 Å². The molecule has 12 nitrogen and oxygen atoms in total. The Bertz CT molecular complexity index is 1590. The molecule has 276 valence electrons. The number of hydrogen-bond acceptors (Lipinski definition) is 9. The molecule has 2 amide bonds. The summed E-state index contributed by atoms with van der Waals surface area (Å²) in [5.74, 6) is -7.50. The Balaban J connectivity index is 1.51. The lowest BCUT2D eigenvalue weighted by Crippen LogP contribution is -2.45. The van der Waals surface area contributed by atoms with Crippen LogP contribution in [-0.4, -0.2) is 69.2 Å². The molecule has 1 N–H and O–H groups in total. The number of halogens is 6. The highest BCUT2D eigenvalue weighted by molar-refractivity contribution is 5.89. The molecule has 0 saturated heterocycles. The molecule has 2 aromatic rings. The fraction of sp³-hybridized carbons (Fsp3) is 0.594. The van der Waals surface area contributed by atoms with E-state index in [0.29, 0.717) is 25.0 Å². The van der Waals surface area contributed by atoms with Crippen LogP contribution in [0, 0.1) is 17.5 Å². The van der Waals surface area contributed by atoms with Gasteiger partial charge in [0.05, 0.1) is 12.2 Å². The van der Waals surface area contributed by atoms with Crippen LogP contribution >= 0.6 is 0 Å². The molecule has 1 aromatic heterocycles. The van der Waals surface area contributed by atoms with Crippen LogP contribution in [0.1, 0.15) is 93.8 Å². The molecule has 1 fully saturated rings. The third-order valence-corrected chi connectivity index (χ3v) is 7.85. The van der Waals surface area contributed by atoms with E-state index in [1.807, 2.05) is 0 Å². The van der Waals surface area contributed by atoms with Gasteiger partial charge in [0.15, 0.2) is 17.3 Å². The van der Waals surface area contributed by atoms with Crippen molar-refractivity contribution in [2.24, 2.45) is 0 Å². The van der Waals surface area contributed by atoms with Gasteiger partial charge in [-0.2, -0.15) is 13.2 Å². The van der Waals surface area contributed by atoms with E-state index in [0.717, 1.165) is 35.7 Å². The van der Waals surface area contributed by atoms with Crippen LogP contribution in [0.25, 0.3) is 0 Å². The molecule has 2 atom stereocenters. The topological polar surface area (TPSA) is 138 Å². The second kappa shape index (κ2) is 15.6. The van der Waals surface area contributed by atoms with Crippen molar-refractivity contribution in [3.8, 4) is 0 Å². The Morgan fingerprint density at radius 3 is 2.26 bits per heavy atom. The van der Waals surface area contributed by atoms with E-state index in [4.69, 9.17) is 18.9 Å². The van der Waals surface area contributed by atoms with Gasteiger partial charge in [-0.3, -0.25) is 4.79 Å². The van der Waals surface area contributed by atoms with Crippen LogP contribution in [0.2, 0.25) is 0 Å². The molecule has 2 aliphatic rings. The molecule has 0 bridgehead atoms. The summed E-state index contributed by atoms with van der Waals surface area (Å²) in [5, 5.41) is 2.41. The summed E-state index contributed by atoms with van der Waals surface area (Å²) >= 11 is 0. The van der Waals surface area contributed by atoms with E-state index in [1.54, 1.807) is 20.8 Å². The van der Waals surface area contributed by atoms with E-state index in [1.165, 1.54) is 0 Å². The number of hydrogen-bond donors (Lipinski definition) is 1. The van der Waals surface area contributed by atoms with Gasteiger partial charge in [-0.25, -0.2) is 32.5 Å². The maximum atomic E-state index is 14.5. The minimum absolute atomic E-state index is 0.287. The van der Waals surface area contributed by atoms with Crippen LogP contribution in [0.15, 0.2) is 12.1 Å². The molecule has 50 heavy (non-hydrogen) atoms. The second-order valence-corrected chi connectivity index (χ2v) is 13.0. The zero-order chi connectivity index (χ0) is 37.0. The highest BCUT2D eigenvalue weighted by Gasteiger charge is 2.42. The van der Waals surface area contributed by atoms with Gasteiger partial charge < -0.3 is 33.7 Å². The number of imidazole rings is 1. The van der Waals surface area contributed by atoms with Crippen molar-refractivity contribution in [1.29, 1.82) is 0 Å². The molecular weight excluding hydrogens is 682 g/mol. The third kappa shape index (κ3) is 10.3. The van der Waals surface area contributed by atoms with Crippen molar-refractivity contribution in [2.75, 3.05) is 6.54 Å². The normalized spacial score (nSPS) is 16.6. The van der Waals surface area contributed by atoms with Gasteiger partial charge >= 0.3 is 24.4 Å². The van der Waals surface area contributed by atoms with Crippen molar-refractivity contribution in [3.63, 3.8) is 0 Å². The molecule has 4 rings (SSSR count). The van der Waals surface area contributed by atoms with Crippen molar-refractivity contribution < 1.29 is 64.5 Å². The molecular formula is C32H38F6N4O8. The van der Waals surface area contributed by atoms with Gasteiger partial charge in [-0.15, -0.1) is 0 Å². The number of amides is 2. The smallest absolute Gasteiger partial charge is 0.444 e. The molecule has 2 heterocycles. The zero-order valence-corrected chi connectivity index (χ0v) is 27.8. The first kappa shape index (κ1) is 38.3. The highest BCUT2D eigenvalue weighted by atomic mass is 19.4. The number of nitrogens with one attached hydrogen (secondary N) is 1. The lowest BCUT2D eigenvalue weighted by molar-refractivity contribution is -0.148. The Morgan fingerprint density at radius 1 is 0.960 bits per heavy atom. The van der Waals surface area contributed by atoms with Crippen molar-refractivity contribution in [1.82, 2.24) is 19.8 Å². The number of fused-ring (bicyclic) bond motifs is 1. The summed E-state index contributed by atoms with van der Waals surface area (Å²) in [6, 6.07) is -0.354. The Morgan fingerprint density at radius 2 is 1.62 bits per heavy atom. The van der Waals surface area contributed by atoms with E-state index in [9.17, 15) is 45.5 Å². The van der Waals surface area contributed by atoms with Crippen molar-refractivity contribution in [3.05, 3.63) is 52.4 Å². The average molecular weight is 721 g/mol. The molecule has 1 aromatic carbocycles. The lowest BCUT2D eigenvalue weighted by atomic mass is 9.98. The summed E-state index contributed by atoms with van der Waals surface area (Å²) in [5.41, 5.74) is -2.45.